The molecule has 0 aliphatic carbocycles. The second kappa shape index (κ2) is 8.71. The van der Waals surface area contributed by atoms with Crippen molar-refractivity contribution in [2.75, 3.05) is 6.54 Å². The van der Waals surface area contributed by atoms with Gasteiger partial charge in [0.2, 0.25) is 0 Å². The molecule has 1 saturated heterocycles. The quantitative estimate of drug-likeness (QED) is 0.198. The molecule has 136 valence electrons. The average molecular weight is 415 g/mol. The molecule has 0 N–H and O–H groups in total. The molecule has 0 radical (unpaired) electrons. The Morgan fingerprint density at radius 2 is 2.08 bits per heavy atom. The molecule has 1 fully saturated rings. The Hall–Kier alpha value is -0.534. The van der Waals surface area contributed by atoms with Gasteiger partial charge in [0.15, 0.2) is 0 Å². The van der Waals surface area contributed by atoms with Crippen LogP contribution in [0.5, 0.6) is 0 Å². The monoisotopic (exact) mass is 415 g/mol. The van der Waals surface area contributed by atoms with Crippen LogP contribution in [-0.4, -0.2) is 51.7 Å². The van der Waals surface area contributed by atoms with Gasteiger partial charge in [0, 0.05) is 0 Å². The average Bonchev–Trinajstić information content (AvgIpc) is 2.45. The van der Waals surface area contributed by atoms with Crippen molar-refractivity contribution in [3.8, 4) is 11.8 Å². The maximum absolute atomic E-state index is 12.7. The Balaban J connectivity index is 2.83. The number of carbonyl (C=O) groups excluding carboxylic acids is 1. The van der Waals surface area contributed by atoms with Crippen molar-refractivity contribution in [3.63, 3.8) is 0 Å². The number of allylic oxidation sites excluding steroid dienone is 1. The Morgan fingerprint density at radius 3 is 2.58 bits per heavy atom. The molecule has 0 spiro atoms. The van der Waals surface area contributed by atoms with Crippen molar-refractivity contribution in [1.29, 1.82) is 0 Å². The molecule has 1 amide bonds. The van der Waals surface area contributed by atoms with Crippen LogP contribution in [0.25, 0.3) is 0 Å². The van der Waals surface area contributed by atoms with E-state index in [1.165, 1.54) is 0 Å². The number of β-lactam (4-membered cyclic amide) rings is 1. The predicted molar refractivity (Wildman–Crippen MR) is 106 cm³/mol. The van der Waals surface area contributed by atoms with Gasteiger partial charge in [-0.05, 0) is 0 Å². The molecule has 3 nitrogen and oxygen atoms in total. The zero-order chi connectivity index (χ0) is 18.5. The first kappa shape index (κ1) is 21.5. The van der Waals surface area contributed by atoms with Gasteiger partial charge in [-0.25, -0.2) is 0 Å². The van der Waals surface area contributed by atoms with Crippen molar-refractivity contribution >= 4 is 29.2 Å². The van der Waals surface area contributed by atoms with E-state index in [1.807, 2.05) is 17.9 Å². The van der Waals surface area contributed by atoms with Crippen LogP contribution in [0.4, 0.5) is 0 Å². The van der Waals surface area contributed by atoms with E-state index in [0.717, 1.165) is 11.7 Å². The van der Waals surface area contributed by atoms with Crippen LogP contribution >= 0.6 is 0 Å². The third kappa shape index (κ3) is 4.99. The molecule has 0 aromatic carbocycles. The number of rotatable bonds is 8. The van der Waals surface area contributed by atoms with Crippen LogP contribution in [0.1, 0.15) is 41.0 Å². The van der Waals surface area contributed by atoms with Gasteiger partial charge in [-0.3, -0.25) is 0 Å². The van der Waals surface area contributed by atoms with E-state index in [2.05, 4.69) is 59.2 Å². The summed E-state index contributed by atoms with van der Waals surface area (Å²) in [5, 5.41) is 1.28. The van der Waals surface area contributed by atoms with Crippen LogP contribution in [0.2, 0.25) is 23.5 Å². The molecular weight excluding hydrogens is 381 g/mol. The minimum absolute atomic E-state index is 0.00240. The van der Waals surface area contributed by atoms with Gasteiger partial charge in [0.1, 0.15) is 0 Å². The summed E-state index contributed by atoms with van der Waals surface area (Å²) in [5.74, 6) is 6.17. The first-order chi connectivity index (χ1) is 11.1. The van der Waals surface area contributed by atoms with Crippen molar-refractivity contribution in [1.82, 2.24) is 4.90 Å². The van der Waals surface area contributed by atoms with Gasteiger partial charge in [-0.15, -0.1) is 0 Å². The van der Waals surface area contributed by atoms with Crippen LogP contribution < -0.4 is 0 Å². The molecule has 24 heavy (non-hydrogen) atoms. The Labute approximate surface area is 155 Å². The number of hydrogen-bond acceptors (Lipinski definition) is 2. The van der Waals surface area contributed by atoms with Crippen LogP contribution in [0.3, 0.4) is 0 Å². The Kier molecular flexibility index (Phi) is 7.81. The van der Waals surface area contributed by atoms with Crippen LogP contribution in [0, 0.1) is 17.8 Å². The fraction of sp³-hybridized carbons (Fsp3) is 0.737. The predicted octanol–water partition coefficient (Wildman–Crippen LogP) is 3.90. The second-order valence-electron chi connectivity index (χ2n) is 7.84. The number of likely N-dealkylation sites (tertiary alicyclic amines) is 1. The molecule has 0 aromatic rings. The van der Waals surface area contributed by atoms with E-state index in [9.17, 15) is 4.79 Å². The molecule has 1 heterocycles. The Bertz CT molecular complexity index is 516. The number of hydrogen-bond donors (Lipinski definition) is 0. The van der Waals surface area contributed by atoms with Gasteiger partial charge < -0.3 is 0 Å². The molecule has 0 unspecified atom stereocenters. The van der Waals surface area contributed by atoms with Crippen LogP contribution in [-0.2, 0) is 9.22 Å². The van der Waals surface area contributed by atoms with Crippen LogP contribution in [0.15, 0.2) is 12.7 Å². The molecule has 3 atom stereocenters. The molecule has 1 rings (SSSR count). The number of amides is 1. The van der Waals surface area contributed by atoms with E-state index in [0.29, 0.717) is 26.4 Å². The summed E-state index contributed by atoms with van der Waals surface area (Å²) in [7, 11) is -1.87. The standard InChI is InChI=1S/C19H33NO2SeSi/c1-9-11-13-20-17(21)16(18(20)23-14-12-10-2)15(3)22-24(7,8)19(4,5)6/h10,15-16,18H,2,12-14H2,1,3-8H3/t15-,16+,18-/m1/s1. The molecule has 0 aromatic heterocycles. The van der Waals surface area contributed by atoms with E-state index in [-0.39, 0.29) is 23.0 Å². The molecule has 1 aliphatic rings. The third-order valence-corrected chi connectivity index (χ3v) is 12.4. The summed E-state index contributed by atoms with van der Waals surface area (Å²) in [5.41, 5.74) is 0. The second-order valence-corrected chi connectivity index (χ2v) is 15.2. The van der Waals surface area contributed by atoms with Crippen molar-refractivity contribution in [2.24, 2.45) is 5.92 Å². The number of nitrogens with zero attached hydrogens (tertiary/aromatic N) is 1. The summed E-state index contributed by atoms with van der Waals surface area (Å²) in [6.45, 7) is 19.5. The summed E-state index contributed by atoms with van der Waals surface area (Å²) in [4.78, 5) is 14.9. The van der Waals surface area contributed by atoms with Gasteiger partial charge in [0.25, 0.3) is 0 Å². The molecule has 1 aliphatic heterocycles. The van der Waals surface area contributed by atoms with E-state index >= 15 is 0 Å². The zero-order valence-corrected chi connectivity index (χ0v) is 19.0. The minimum atomic E-state index is -1.87. The van der Waals surface area contributed by atoms with Gasteiger partial charge in [0.05, 0.1) is 0 Å². The Morgan fingerprint density at radius 1 is 1.46 bits per heavy atom. The van der Waals surface area contributed by atoms with E-state index < -0.39 is 8.32 Å². The van der Waals surface area contributed by atoms with Gasteiger partial charge in [-0.1, -0.05) is 0 Å². The molecular formula is C19H33NO2SeSi. The third-order valence-electron chi connectivity index (χ3n) is 5.01. The van der Waals surface area contributed by atoms with Crippen molar-refractivity contribution in [2.45, 2.75) is 75.5 Å². The summed E-state index contributed by atoms with van der Waals surface area (Å²) in [6, 6.07) is 0. The molecule has 5 heteroatoms. The normalized spacial score (nSPS) is 22.5. The fourth-order valence-electron chi connectivity index (χ4n) is 2.50. The zero-order valence-electron chi connectivity index (χ0n) is 16.3. The summed E-state index contributed by atoms with van der Waals surface area (Å²) in [6.07, 6.45) is 2.96. The van der Waals surface area contributed by atoms with Crippen molar-refractivity contribution in [3.05, 3.63) is 12.7 Å². The first-order valence-electron chi connectivity index (χ1n) is 8.67. The van der Waals surface area contributed by atoms with E-state index in [4.69, 9.17) is 4.43 Å². The summed E-state index contributed by atoms with van der Waals surface area (Å²) < 4.78 is 6.51. The van der Waals surface area contributed by atoms with Crippen molar-refractivity contribution < 1.29 is 9.22 Å². The maximum atomic E-state index is 12.7. The number of carbonyl (C=O) groups is 1. The van der Waals surface area contributed by atoms with Gasteiger partial charge in [-0.2, -0.15) is 0 Å². The topological polar surface area (TPSA) is 29.5 Å². The molecule has 0 bridgehead atoms. The SMILES string of the molecule is C=CCC[Se][C@@H]1[C@@H]([C@@H](C)O[Si](C)(C)C(C)(C)C)C(=O)N1CC#CC. The van der Waals surface area contributed by atoms with E-state index in [1.54, 1.807) is 0 Å². The first-order valence-corrected chi connectivity index (χ1v) is 13.8. The van der Waals surface area contributed by atoms with Gasteiger partial charge >= 0.3 is 156 Å². The fourth-order valence-corrected chi connectivity index (χ4v) is 6.96. The molecule has 0 saturated carbocycles. The summed E-state index contributed by atoms with van der Waals surface area (Å²) >= 11 is 0.382.